The lowest BCUT2D eigenvalue weighted by Crippen LogP contribution is -2.23. The van der Waals surface area contributed by atoms with Gasteiger partial charge < -0.3 is 9.84 Å². The molecular weight excluding hydrogens is 408 g/mol. The van der Waals surface area contributed by atoms with Gasteiger partial charge in [0.2, 0.25) is 5.88 Å². The Bertz CT molecular complexity index is 1350. The molecule has 9 heteroatoms. The van der Waals surface area contributed by atoms with Crippen LogP contribution >= 0.6 is 0 Å². The van der Waals surface area contributed by atoms with Crippen LogP contribution in [-0.4, -0.2) is 34.7 Å². The van der Waals surface area contributed by atoms with Gasteiger partial charge >= 0.3 is 5.69 Å². The first-order chi connectivity index (χ1) is 15.3. The maximum Gasteiger partial charge on any atom is 0.368 e. The van der Waals surface area contributed by atoms with E-state index in [9.17, 15) is 9.90 Å². The lowest BCUT2D eigenvalue weighted by Gasteiger charge is -2.15. The van der Waals surface area contributed by atoms with Crippen molar-refractivity contribution in [2.24, 2.45) is 14.1 Å². The van der Waals surface area contributed by atoms with Crippen LogP contribution < -0.4 is 10.4 Å². The van der Waals surface area contributed by atoms with Gasteiger partial charge in [0.05, 0.1) is 11.4 Å². The van der Waals surface area contributed by atoms with Crippen LogP contribution in [0.2, 0.25) is 0 Å². The summed E-state index contributed by atoms with van der Waals surface area (Å²) in [4.78, 5) is 12.4. The van der Waals surface area contributed by atoms with Crippen LogP contribution in [-0.2, 0) is 27.1 Å². The van der Waals surface area contributed by atoms with Crippen molar-refractivity contribution in [2.75, 3.05) is 0 Å². The average molecular weight is 435 g/mol. The summed E-state index contributed by atoms with van der Waals surface area (Å²) in [5.74, 6) is 0.885. The molecule has 0 fully saturated rings. The Labute approximate surface area is 185 Å². The smallest absolute Gasteiger partial charge is 0.368 e. The molecule has 2 heterocycles. The molecule has 0 aliphatic rings. The second-order valence-corrected chi connectivity index (χ2v) is 7.76. The van der Waals surface area contributed by atoms with Crippen molar-refractivity contribution in [3.8, 4) is 28.6 Å². The van der Waals surface area contributed by atoms with Gasteiger partial charge in [-0.05, 0) is 66.1 Å². The van der Waals surface area contributed by atoms with Crippen LogP contribution in [0, 0.1) is 13.8 Å². The van der Waals surface area contributed by atoms with Gasteiger partial charge in [-0.1, -0.05) is 19.1 Å². The molecule has 0 saturated heterocycles. The van der Waals surface area contributed by atoms with Gasteiger partial charge in [0.1, 0.15) is 12.4 Å². The fourth-order valence-electron chi connectivity index (χ4n) is 3.79. The van der Waals surface area contributed by atoms with E-state index in [0.29, 0.717) is 5.69 Å². The molecule has 0 aliphatic heterocycles. The number of rotatable bonds is 6. The number of aryl methyl sites for hydroxylation is 4. The summed E-state index contributed by atoms with van der Waals surface area (Å²) < 4.78 is 10.1. The molecule has 2 aromatic heterocycles. The summed E-state index contributed by atoms with van der Waals surface area (Å²) in [6.45, 7) is 6.16. The highest BCUT2D eigenvalue weighted by atomic mass is 16.5. The monoisotopic (exact) mass is 434 g/mol. The van der Waals surface area contributed by atoms with Gasteiger partial charge in [0.25, 0.3) is 0 Å². The molecule has 2 aromatic carbocycles. The van der Waals surface area contributed by atoms with Crippen LogP contribution in [0.3, 0.4) is 0 Å². The van der Waals surface area contributed by atoms with Crippen LogP contribution in [0.1, 0.15) is 29.2 Å². The van der Waals surface area contributed by atoms with Gasteiger partial charge in [-0.2, -0.15) is 14.5 Å². The Kier molecular flexibility index (Phi) is 5.56. The molecule has 0 spiro atoms. The molecule has 32 heavy (non-hydrogen) atoms. The van der Waals surface area contributed by atoms with E-state index < -0.39 is 0 Å². The number of hydrogen-bond acceptors (Lipinski definition) is 6. The standard InChI is InChI=1S/C23H26N6O3/c1-6-16-8-7-9-19(29-23(31)28(5)25-26-29)18(16)13-32-20-11-10-17(12-14(20)2)21-15(3)22(30)27(4)24-21/h7-12,30H,6,13H2,1-5H3. The Hall–Kier alpha value is -3.88. The fraction of sp³-hybridized carbons (Fsp3) is 0.304. The topological polar surface area (TPSA) is 100.0 Å². The second-order valence-electron chi connectivity index (χ2n) is 7.76. The minimum absolute atomic E-state index is 0.154. The first-order valence-corrected chi connectivity index (χ1v) is 10.4. The number of benzene rings is 2. The molecule has 4 aromatic rings. The number of aromatic hydroxyl groups is 1. The molecule has 0 saturated carbocycles. The largest absolute Gasteiger partial charge is 0.493 e. The summed E-state index contributed by atoms with van der Waals surface area (Å²) in [7, 11) is 3.28. The number of tetrazole rings is 1. The highest BCUT2D eigenvalue weighted by Gasteiger charge is 2.17. The zero-order chi connectivity index (χ0) is 23.0. The van der Waals surface area contributed by atoms with E-state index in [1.165, 1.54) is 14.0 Å². The van der Waals surface area contributed by atoms with E-state index >= 15 is 0 Å². The molecule has 0 aliphatic carbocycles. The van der Waals surface area contributed by atoms with Crippen molar-refractivity contribution >= 4 is 0 Å². The maximum absolute atomic E-state index is 12.4. The lowest BCUT2D eigenvalue weighted by atomic mass is 10.0. The Balaban J connectivity index is 1.65. The van der Waals surface area contributed by atoms with E-state index in [1.54, 1.807) is 14.1 Å². The van der Waals surface area contributed by atoms with Crippen LogP contribution in [0.5, 0.6) is 11.6 Å². The highest BCUT2D eigenvalue weighted by molar-refractivity contribution is 5.67. The molecule has 0 amide bonds. The predicted octanol–water partition coefficient (Wildman–Crippen LogP) is 2.83. The third kappa shape index (κ3) is 3.66. The molecule has 4 rings (SSSR count). The molecule has 1 N–H and O–H groups in total. The third-order valence-corrected chi connectivity index (χ3v) is 5.65. The first-order valence-electron chi connectivity index (χ1n) is 10.4. The Morgan fingerprint density at radius 2 is 1.84 bits per heavy atom. The normalized spacial score (nSPS) is 11.2. The highest BCUT2D eigenvalue weighted by Crippen LogP contribution is 2.32. The van der Waals surface area contributed by atoms with Crippen molar-refractivity contribution in [3.05, 3.63) is 69.1 Å². The summed E-state index contributed by atoms with van der Waals surface area (Å²) >= 11 is 0. The third-order valence-electron chi connectivity index (χ3n) is 5.65. The number of aromatic nitrogens is 6. The van der Waals surface area contributed by atoms with Crippen LogP contribution in [0.25, 0.3) is 16.9 Å². The predicted molar refractivity (Wildman–Crippen MR) is 120 cm³/mol. The molecule has 0 radical (unpaired) electrons. The quantitative estimate of drug-likeness (QED) is 0.501. The van der Waals surface area contributed by atoms with Crippen LogP contribution in [0.15, 0.2) is 41.2 Å². The molecule has 166 valence electrons. The summed E-state index contributed by atoms with van der Waals surface area (Å²) in [5, 5.41) is 22.3. The minimum Gasteiger partial charge on any atom is -0.493 e. The Morgan fingerprint density at radius 3 is 2.44 bits per heavy atom. The number of nitrogens with zero attached hydrogens (tertiary/aromatic N) is 6. The van der Waals surface area contributed by atoms with Crippen molar-refractivity contribution in [1.82, 2.24) is 29.6 Å². The van der Waals surface area contributed by atoms with Gasteiger partial charge in [-0.15, -0.1) is 0 Å². The van der Waals surface area contributed by atoms with Crippen molar-refractivity contribution in [2.45, 2.75) is 33.8 Å². The average Bonchev–Trinajstić information content (AvgIpc) is 3.25. The van der Waals surface area contributed by atoms with Gasteiger partial charge in [-0.25, -0.2) is 9.48 Å². The van der Waals surface area contributed by atoms with E-state index in [4.69, 9.17) is 4.74 Å². The fourth-order valence-corrected chi connectivity index (χ4v) is 3.79. The number of hydrogen-bond donors (Lipinski definition) is 1. The molecule has 9 nitrogen and oxygen atoms in total. The molecule has 0 atom stereocenters. The van der Waals surface area contributed by atoms with E-state index in [0.717, 1.165) is 45.7 Å². The maximum atomic E-state index is 12.4. The van der Waals surface area contributed by atoms with Gasteiger partial charge in [-0.3, -0.25) is 0 Å². The van der Waals surface area contributed by atoms with E-state index in [1.807, 2.05) is 50.2 Å². The van der Waals surface area contributed by atoms with Crippen LogP contribution in [0.4, 0.5) is 0 Å². The zero-order valence-corrected chi connectivity index (χ0v) is 18.8. The van der Waals surface area contributed by atoms with E-state index in [-0.39, 0.29) is 18.2 Å². The molecule has 0 bridgehead atoms. The summed E-state index contributed by atoms with van der Waals surface area (Å²) in [6.07, 6.45) is 0.794. The van der Waals surface area contributed by atoms with Gasteiger partial charge in [0, 0.05) is 30.8 Å². The minimum atomic E-state index is -0.311. The molecule has 0 unspecified atom stereocenters. The SMILES string of the molecule is CCc1cccc(-n2nnn(C)c2=O)c1COc1ccc(-c2nn(C)c(O)c2C)cc1C. The second kappa shape index (κ2) is 8.33. The number of ether oxygens (including phenoxy) is 1. The van der Waals surface area contributed by atoms with Crippen molar-refractivity contribution in [3.63, 3.8) is 0 Å². The Morgan fingerprint density at radius 1 is 1.06 bits per heavy atom. The summed E-state index contributed by atoms with van der Waals surface area (Å²) in [6, 6.07) is 11.6. The summed E-state index contributed by atoms with van der Waals surface area (Å²) in [5.41, 5.74) is 5.64. The van der Waals surface area contributed by atoms with Crippen molar-refractivity contribution < 1.29 is 9.84 Å². The first kappa shape index (κ1) is 21.4. The lowest BCUT2D eigenvalue weighted by molar-refractivity contribution is 0.302. The van der Waals surface area contributed by atoms with Gasteiger partial charge in [0.15, 0.2) is 0 Å². The van der Waals surface area contributed by atoms with E-state index in [2.05, 4.69) is 22.4 Å². The zero-order valence-electron chi connectivity index (χ0n) is 18.8. The molecular formula is C23H26N6O3. The van der Waals surface area contributed by atoms with Crippen molar-refractivity contribution in [1.29, 1.82) is 0 Å².